The first-order chi connectivity index (χ1) is 6.59. The van der Waals surface area contributed by atoms with Crippen LogP contribution in [0.3, 0.4) is 0 Å². The molecule has 1 aliphatic carbocycles. The highest BCUT2D eigenvalue weighted by Gasteiger charge is 2.41. The Morgan fingerprint density at radius 2 is 1.93 bits per heavy atom. The quantitative estimate of drug-likeness (QED) is 0.784. The number of hydrogen-bond donors (Lipinski definition) is 1. The van der Waals surface area contributed by atoms with Crippen molar-refractivity contribution in [1.29, 1.82) is 0 Å². The molecule has 1 atom stereocenters. The summed E-state index contributed by atoms with van der Waals surface area (Å²) in [4.78, 5) is 0. The Morgan fingerprint density at radius 1 is 1.36 bits per heavy atom. The zero-order valence-electron chi connectivity index (χ0n) is 8.33. The van der Waals surface area contributed by atoms with E-state index in [4.69, 9.17) is 0 Å². The number of halogens is 1. The van der Waals surface area contributed by atoms with Crippen molar-refractivity contribution in [2.24, 2.45) is 0 Å². The van der Waals surface area contributed by atoms with Gasteiger partial charge in [0.25, 0.3) is 0 Å². The lowest BCUT2D eigenvalue weighted by Gasteiger charge is -2.15. The second-order valence-electron chi connectivity index (χ2n) is 4.38. The van der Waals surface area contributed by atoms with Crippen LogP contribution >= 0.6 is 0 Å². The van der Waals surface area contributed by atoms with Crippen molar-refractivity contribution in [3.63, 3.8) is 0 Å². The molecule has 1 fully saturated rings. The molecule has 0 spiro atoms. The largest absolute Gasteiger partial charge is 0.390 e. The predicted molar refractivity (Wildman–Crippen MR) is 53.6 cm³/mol. The van der Waals surface area contributed by atoms with E-state index in [0.717, 1.165) is 24.8 Å². The van der Waals surface area contributed by atoms with E-state index in [1.807, 2.05) is 0 Å². The number of aliphatic hydroxyl groups is 1. The third kappa shape index (κ3) is 2.13. The Morgan fingerprint density at radius 3 is 2.43 bits per heavy atom. The standard InChI is InChI=1S/C12H15FO/c1-9(8-12(14)6-7-12)10-2-4-11(13)5-3-10/h2-5,9,14H,6-8H2,1H3. The van der Waals surface area contributed by atoms with E-state index >= 15 is 0 Å². The van der Waals surface area contributed by atoms with Crippen molar-refractivity contribution in [2.75, 3.05) is 0 Å². The van der Waals surface area contributed by atoms with Gasteiger partial charge in [0.15, 0.2) is 0 Å². The third-order valence-electron chi connectivity index (χ3n) is 2.95. The Balaban J connectivity index is 2.03. The Kier molecular flexibility index (Phi) is 2.31. The molecule has 0 heterocycles. The summed E-state index contributed by atoms with van der Waals surface area (Å²) < 4.78 is 12.7. The molecule has 0 aliphatic heterocycles. The summed E-state index contributed by atoms with van der Waals surface area (Å²) in [6, 6.07) is 6.54. The zero-order valence-corrected chi connectivity index (χ0v) is 8.33. The molecule has 1 nitrogen and oxygen atoms in total. The minimum absolute atomic E-state index is 0.203. The van der Waals surface area contributed by atoms with Gasteiger partial charge in [0.1, 0.15) is 5.82 Å². The summed E-state index contributed by atoms with van der Waals surface area (Å²) in [5, 5.41) is 9.74. The fourth-order valence-electron chi connectivity index (χ4n) is 1.83. The molecule has 0 amide bonds. The number of hydrogen-bond acceptors (Lipinski definition) is 1. The fourth-order valence-corrected chi connectivity index (χ4v) is 1.83. The van der Waals surface area contributed by atoms with Gasteiger partial charge in [-0.1, -0.05) is 19.1 Å². The predicted octanol–water partition coefficient (Wildman–Crippen LogP) is 2.84. The summed E-state index contributed by atoms with van der Waals surface area (Å²) in [5.74, 6) is 0.106. The smallest absolute Gasteiger partial charge is 0.123 e. The normalized spacial score (nSPS) is 20.5. The molecular formula is C12H15FO. The van der Waals surface area contributed by atoms with Crippen LogP contribution in [0.1, 0.15) is 37.7 Å². The van der Waals surface area contributed by atoms with Crippen LogP contribution in [0.25, 0.3) is 0 Å². The van der Waals surface area contributed by atoms with Crippen molar-refractivity contribution in [2.45, 2.75) is 37.7 Å². The van der Waals surface area contributed by atoms with Crippen LogP contribution in [0.5, 0.6) is 0 Å². The van der Waals surface area contributed by atoms with Crippen LogP contribution in [0.15, 0.2) is 24.3 Å². The average molecular weight is 194 g/mol. The summed E-state index contributed by atoms with van der Waals surface area (Å²) in [6.45, 7) is 2.07. The molecule has 0 bridgehead atoms. The molecule has 0 saturated heterocycles. The molecule has 1 saturated carbocycles. The third-order valence-corrected chi connectivity index (χ3v) is 2.95. The maximum atomic E-state index is 12.7. The molecule has 14 heavy (non-hydrogen) atoms. The van der Waals surface area contributed by atoms with E-state index < -0.39 is 5.60 Å². The van der Waals surface area contributed by atoms with Crippen LogP contribution < -0.4 is 0 Å². The van der Waals surface area contributed by atoms with Crippen LogP contribution in [-0.2, 0) is 0 Å². The van der Waals surface area contributed by atoms with Crippen molar-refractivity contribution in [3.8, 4) is 0 Å². The monoisotopic (exact) mass is 194 g/mol. The number of rotatable bonds is 3. The molecule has 76 valence electrons. The fraction of sp³-hybridized carbons (Fsp3) is 0.500. The molecule has 2 heteroatoms. The van der Waals surface area contributed by atoms with Crippen LogP contribution in [0.4, 0.5) is 4.39 Å². The Labute approximate surface area is 83.6 Å². The highest BCUT2D eigenvalue weighted by atomic mass is 19.1. The lowest BCUT2D eigenvalue weighted by Crippen LogP contribution is -2.11. The molecule has 2 rings (SSSR count). The summed E-state index contributed by atoms with van der Waals surface area (Å²) in [7, 11) is 0. The van der Waals surface area contributed by atoms with Crippen LogP contribution in [-0.4, -0.2) is 10.7 Å². The van der Waals surface area contributed by atoms with E-state index in [9.17, 15) is 9.50 Å². The van der Waals surface area contributed by atoms with Gasteiger partial charge >= 0.3 is 0 Å². The molecule has 0 radical (unpaired) electrons. The molecule has 1 aromatic carbocycles. The minimum atomic E-state index is -0.423. The first kappa shape index (κ1) is 9.66. The average Bonchev–Trinajstić information content (AvgIpc) is 2.84. The maximum absolute atomic E-state index is 12.7. The molecule has 1 aromatic rings. The second-order valence-corrected chi connectivity index (χ2v) is 4.38. The van der Waals surface area contributed by atoms with Gasteiger partial charge in [-0.15, -0.1) is 0 Å². The van der Waals surface area contributed by atoms with Gasteiger partial charge < -0.3 is 5.11 Å². The number of benzene rings is 1. The topological polar surface area (TPSA) is 20.2 Å². The van der Waals surface area contributed by atoms with Gasteiger partial charge in [-0.2, -0.15) is 0 Å². The lowest BCUT2D eigenvalue weighted by molar-refractivity contribution is 0.132. The van der Waals surface area contributed by atoms with Crippen molar-refractivity contribution >= 4 is 0 Å². The second kappa shape index (κ2) is 3.35. The zero-order chi connectivity index (χ0) is 10.2. The molecule has 1 N–H and O–H groups in total. The summed E-state index contributed by atoms with van der Waals surface area (Å²) in [5.41, 5.74) is 0.681. The summed E-state index contributed by atoms with van der Waals surface area (Å²) in [6.07, 6.45) is 2.62. The van der Waals surface area contributed by atoms with Crippen LogP contribution in [0.2, 0.25) is 0 Å². The van der Waals surface area contributed by atoms with Crippen molar-refractivity contribution in [1.82, 2.24) is 0 Å². The highest BCUT2D eigenvalue weighted by molar-refractivity contribution is 5.21. The van der Waals surface area contributed by atoms with E-state index in [1.165, 1.54) is 12.1 Å². The van der Waals surface area contributed by atoms with E-state index in [-0.39, 0.29) is 5.82 Å². The van der Waals surface area contributed by atoms with Gasteiger partial charge in [-0.05, 0) is 42.9 Å². The molecular weight excluding hydrogens is 179 g/mol. The first-order valence-corrected chi connectivity index (χ1v) is 5.07. The maximum Gasteiger partial charge on any atom is 0.123 e. The minimum Gasteiger partial charge on any atom is -0.390 e. The Hall–Kier alpha value is -0.890. The highest BCUT2D eigenvalue weighted by Crippen LogP contribution is 2.42. The van der Waals surface area contributed by atoms with Crippen molar-refractivity contribution in [3.05, 3.63) is 35.6 Å². The van der Waals surface area contributed by atoms with Crippen molar-refractivity contribution < 1.29 is 9.50 Å². The van der Waals surface area contributed by atoms with Gasteiger partial charge in [-0.3, -0.25) is 0 Å². The first-order valence-electron chi connectivity index (χ1n) is 5.07. The van der Waals surface area contributed by atoms with Gasteiger partial charge in [0.05, 0.1) is 5.60 Å². The lowest BCUT2D eigenvalue weighted by atomic mass is 9.94. The SMILES string of the molecule is CC(CC1(O)CC1)c1ccc(F)cc1. The Bertz CT molecular complexity index is 314. The molecule has 0 aromatic heterocycles. The molecule has 1 unspecified atom stereocenters. The van der Waals surface area contributed by atoms with Crippen LogP contribution in [0, 0.1) is 5.82 Å². The van der Waals surface area contributed by atoms with E-state index in [2.05, 4.69) is 6.92 Å². The summed E-state index contributed by atoms with van der Waals surface area (Å²) >= 11 is 0. The van der Waals surface area contributed by atoms with E-state index in [0.29, 0.717) is 5.92 Å². The van der Waals surface area contributed by atoms with Gasteiger partial charge in [0.2, 0.25) is 0 Å². The van der Waals surface area contributed by atoms with E-state index in [1.54, 1.807) is 12.1 Å². The van der Waals surface area contributed by atoms with Gasteiger partial charge in [-0.25, -0.2) is 4.39 Å². The van der Waals surface area contributed by atoms with Gasteiger partial charge in [0, 0.05) is 0 Å². The molecule has 1 aliphatic rings.